The van der Waals surface area contributed by atoms with Gasteiger partial charge in [-0.15, -0.1) is 0 Å². The van der Waals surface area contributed by atoms with Crippen LogP contribution in [-0.4, -0.2) is 37.7 Å². The second kappa shape index (κ2) is 5.53. The Balaban J connectivity index is 2.25. The van der Waals surface area contributed by atoms with Gasteiger partial charge in [0.2, 0.25) is 0 Å². The van der Waals surface area contributed by atoms with Crippen LogP contribution in [0.1, 0.15) is 24.1 Å². The Hall–Kier alpha value is -1.04. The van der Waals surface area contributed by atoms with Crippen molar-refractivity contribution >= 4 is 0 Å². The second-order valence-electron chi connectivity index (χ2n) is 5.16. The molecule has 106 valence electrons. The van der Waals surface area contributed by atoms with Gasteiger partial charge in [0.15, 0.2) is 0 Å². The molecule has 3 nitrogen and oxygen atoms in total. The topological polar surface area (TPSA) is 38.5 Å². The average Bonchev–Trinajstić information content (AvgIpc) is 2.39. The predicted molar refractivity (Wildman–Crippen MR) is 70.2 cm³/mol. The van der Waals surface area contributed by atoms with Crippen molar-refractivity contribution in [1.82, 2.24) is 4.90 Å². The van der Waals surface area contributed by atoms with Crippen molar-refractivity contribution in [2.24, 2.45) is 5.73 Å². The number of nitrogens with two attached hydrogens (primary N) is 1. The lowest BCUT2D eigenvalue weighted by molar-refractivity contribution is -0.169. The van der Waals surface area contributed by atoms with E-state index in [2.05, 4.69) is 0 Å². The summed E-state index contributed by atoms with van der Waals surface area (Å²) >= 11 is 0. The fourth-order valence-corrected chi connectivity index (χ4v) is 2.21. The number of hydrogen-bond acceptors (Lipinski definition) is 3. The van der Waals surface area contributed by atoms with Gasteiger partial charge in [0.1, 0.15) is 6.10 Å². The van der Waals surface area contributed by atoms with Crippen LogP contribution in [0, 0.1) is 0 Å². The Kier molecular flexibility index (Phi) is 4.18. The van der Waals surface area contributed by atoms with E-state index < -0.39 is 12.0 Å². The first kappa shape index (κ1) is 14.4. The molecule has 1 saturated heterocycles. The third-order valence-corrected chi connectivity index (χ3v) is 3.47. The normalized spacial score (nSPS) is 23.3. The van der Waals surface area contributed by atoms with E-state index in [4.69, 9.17) is 10.5 Å². The molecule has 0 bridgehead atoms. The molecule has 0 spiro atoms. The molecule has 2 N–H and O–H groups in total. The van der Waals surface area contributed by atoms with Crippen molar-refractivity contribution in [3.8, 4) is 0 Å². The molecule has 0 radical (unpaired) electrons. The van der Waals surface area contributed by atoms with E-state index in [1.807, 2.05) is 11.9 Å². The number of benzene rings is 1. The highest BCUT2D eigenvalue weighted by molar-refractivity contribution is 5.29. The summed E-state index contributed by atoms with van der Waals surface area (Å²) in [5.74, 6) is -3.00. The second-order valence-corrected chi connectivity index (χ2v) is 5.16. The first-order valence-corrected chi connectivity index (χ1v) is 6.45. The number of nitrogens with zero attached hydrogens (tertiary/aromatic N) is 1. The van der Waals surface area contributed by atoms with E-state index in [0.29, 0.717) is 18.7 Å². The number of hydrogen-bond donors (Lipinski definition) is 1. The Morgan fingerprint density at radius 2 is 2.21 bits per heavy atom. The van der Waals surface area contributed by atoms with Gasteiger partial charge >= 0.3 is 0 Å². The summed E-state index contributed by atoms with van der Waals surface area (Å²) in [5.41, 5.74) is 6.43. The summed E-state index contributed by atoms with van der Waals surface area (Å²) in [4.78, 5) is 1.86. The van der Waals surface area contributed by atoms with Crippen LogP contribution >= 0.6 is 0 Å². The lowest BCUT2D eigenvalue weighted by Crippen LogP contribution is -2.48. The fourth-order valence-electron chi connectivity index (χ4n) is 2.21. The van der Waals surface area contributed by atoms with Gasteiger partial charge in [-0.05, 0) is 25.6 Å². The minimum absolute atomic E-state index is 0.0254. The highest BCUT2D eigenvalue weighted by Gasteiger charge is 2.44. The first-order chi connectivity index (χ1) is 8.91. The Labute approximate surface area is 112 Å². The predicted octanol–water partition coefficient (Wildman–Crippen LogP) is 2.13. The van der Waals surface area contributed by atoms with Gasteiger partial charge in [-0.1, -0.05) is 18.2 Å². The summed E-state index contributed by atoms with van der Waals surface area (Å²) in [6.45, 7) is 3.04. The zero-order valence-electron chi connectivity index (χ0n) is 11.3. The number of ether oxygens (including phenoxy) is 1. The molecule has 2 atom stereocenters. The van der Waals surface area contributed by atoms with Crippen LogP contribution in [-0.2, 0) is 10.7 Å². The van der Waals surface area contributed by atoms with Gasteiger partial charge in [0.25, 0.3) is 5.92 Å². The van der Waals surface area contributed by atoms with Gasteiger partial charge in [-0.2, -0.15) is 8.78 Å². The van der Waals surface area contributed by atoms with Crippen LogP contribution in [0.15, 0.2) is 24.3 Å². The number of halogens is 2. The largest absolute Gasteiger partial charge is 0.369 e. The molecule has 2 rings (SSSR count). The lowest BCUT2D eigenvalue weighted by atomic mass is 9.98. The van der Waals surface area contributed by atoms with Crippen molar-refractivity contribution in [1.29, 1.82) is 0 Å². The minimum Gasteiger partial charge on any atom is -0.369 e. The average molecular weight is 270 g/mol. The highest BCUT2D eigenvalue weighted by Crippen LogP contribution is 2.35. The van der Waals surface area contributed by atoms with Crippen LogP contribution in [0.3, 0.4) is 0 Å². The van der Waals surface area contributed by atoms with Crippen LogP contribution in [0.5, 0.6) is 0 Å². The van der Waals surface area contributed by atoms with Crippen molar-refractivity contribution < 1.29 is 13.5 Å². The summed E-state index contributed by atoms with van der Waals surface area (Å²) in [5, 5.41) is 0. The van der Waals surface area contributed by atoms with Crippen molar-refractivity contribution in [3.05, 3.63) is 35.4 Å². The molecule has 1 aliphatic rings. The van der Waals surface area contributed by atoms with Crippen LogP contribution in [0.2, 0.25) is 0 Å². The molecule has 1 aliphatic heterocycles. The zero-order valence-corrected chi connectivity index (χ0v) is 11.3. The van der Waals surface area contributed by atoms with E-state index in [9.17, 15) is 8.78 Å². The lowest BCUT2D eigenvalue weighted by Gasteiger charge is -2.35. The van der Waals surface area contributed by atoms with Crippen LogP contribution < -0.4 is 5.73 Å². The minimum atomic E-state index is -3.00. The summed E-state index contributed by atoms with van der Waals surface area (Å²) in [6, 6.07) is 6.03. The smallest absolute Gasteiger partial charge is 0.300 e. The summed E-state index contributed by atoms with van der Waals surface area (Å²) in [7, 11) is 1.82. The fraction of sp³-hybridized carbons (Fsp3) is 0.571. The van der Waals surface area contributed by atoms with Gasteiger partial charge in [0, 0.05) is 24.7 Å². The molecule has 0 aliphatic carbocycles. The molecule has 19 heavy (non-hydrogen) atoms. The molecule has 0 saturated carbocycles. The Morgan fingerprint density at radius 1 is 1.47 bits per heavy atom. The molecular weight excluding hydrogens is 250 g/mol. The van der Waals surface area contributed by atoms with E-state index in [1.54, 1.807) is 19.1 Å². The third-order valence-electron chi connectivity index (χ3n) is 3.47. The maximum absolute atomic E-state index is 14.5. The summed E-state index contributed by atoms with van der Waals surface area (Å²) < 4.78 is 34.2. The number of rotatable bonds is 3. The van der Waals surface area contributed by atoms with Crippen LogP contribution in [0.25, 0.3) is 0 Å². The zero-order chi connectivity index (χ0) is 14.0. The van der Waals surface area contributed by atoms with Crippen molar-refractivity contribution in [2.45, 2.75) is 25.0 Å². The van der Waals surface area contributed by atoms with Crippen molar-refractivity contribution in [2.75, 3.05) is 26.7 Å². The third kappa shape index (κ3) is 3.11. The molecule has 5 heteroatoms. The molecule has 1 unspecified atom stereocenters. The number of morpholine rings is 1. The quantitative estimate of drug-likeness (QED) is 0.914. The molecule has 1 fully saturated rings. The molecule has 1 aromatic carbocycles. The van der Waals surface area contributed by atoms with Gasteiger partial charge in [-0.25, -0.2) is 0 Å². The number of alkyl halides is 2. The first-order valence-electron chi connectivity index (χ1n) is 6.45. The van der Waals surface area contributed by atoms with E-state index >= 15 is 0 Å². The van der Waals surface area contributed by atoms with E-state index in [1.165, 1.54) is 12.1 Å². The van der Waals surface area contributed by atoms with Crippen molar-refractivity contribution in [3.63, 3.8) is 0 Å². The molecule has 1 aromatic rings. The van der Waals surface area contributed by atoms with Gasteiger partial charge < -0.3 is 15.4 Å². The maximum atomic E-state index is 14.5. The SMILES string of the molecule is C[C@@H](N)c1cccc(C(F)(F)C2CN(C)CCO2)c1. The Morgan fingerprint density at radius 3 is 2.84 bits per heavy atom. The Bertz CT molecular complexity index is 437. The maximum Gasteiger partial charge on any atom is 0.300 e. The molecule has 1 heterocycles. The number of likely N-dealkylation sites (N-methyl/N-ethyl adjacent to an activating group) is 1. The summed E-state index contributed by atoms with van der Waals surface area (Å²) in [6.07, 6.45) is -1.10. The van der Waals surface area contributed by atoms with E-state index in [0.717, 1.165) is 0 Å². The molecular formula is C14H20F2N2O. The van der Waals surface area contributed by atoms with Gasteiger partial charge in [-0.3, -0.25) is 0 Å². The van der Waals surface area contributed by atoms with E-state index in [-0.39, 0.29) is 18.2 Å². The highest BCUT2D eigenvalue weighted by atomic mass is 19.3. The van der Waals surface area contributed by atoms with Gasteiger partial charge in [0.05, 0.1) is 6.61 Å². The molecule has 0 aromatic heterocycles. The van der Waals surface area contributed by atoms with Crippen LogP contribution in [0.4, 0.5) is 8.78 Å². The monoisotopic (exact) mass is 270 g/mol. The standard InChI is InChI=1S/C14H20F2N2O/c1-10(17)11-4-3-5-12(8-11)14(15,16)13-9-18(2)6-7-19-13/h3-5,8,10,13H,6-7,9,17H2,1-2H3/t10-,13?/m1/s1. The molecule has 0 amide bonds.